The maximum Gasteiger partial charge on any atom is 0.251 e. The van der Waals surface area contributed by atoms with Crippen LogP contribution in [0.5, 0.6) is 0 Å². The Morgan fingerprint density at radius 1 is 1.35 bits per heavy atom. The Bertz CT molecular complexity index is 954. The molecule has 8 nitrogen and oxygen atoms in total. The second-order valence-corrected chi connectivity index (χ2v) is 6.89. The van der Waals surface area contributed by atoms with Gasteiger partial charge in [-0.05, 0) is 26.0 Å². The molecule has 0 aromatic carbocycles. The van der Waals surface area contributed by atoms with E-state index in [9.17, 15) is 9.59 Å². The number of pyridine rings is 1. The molecule has 0 saturated carbocycles. The number of hydrogen-bond acceptors (Lipinski definition) is 7. The van der Waals surface area contributed by atoms with Gasteiger partial charge in [-0.1, -0.05) is 23.0 Å². The summed E-state index contributed by atoms with van der Waals surface area (Å²) < 4.78 is 5.23. The smallest absolute Gasteiger partial charge is 0.251 e. The minimum atomic E-state index is -0.432. The van der Waals surface area contributed by atoms with Gasteiger partial charge in [0.25, 0.3) is 5.56 Å². The van der Waals surface area contributed by atoms with Crippen LogP contribution < -0.4 is 10.9 Å². The quantitative estimate of drug-likeness (QED) is 0.503. The van der Waals surface area contributed by atoms with Crippen LogP contribution in [-0.4, -0.2) is 31.3 Å². The van der Waals surface area contributed by atoms with Crippen LogP contribution in [0.25, 0.3) is 11.4 Å². The summed E-state index contributed by atoms with van der Waals surface area (Å²) in [5.41, 5.74) is 1.68. The molecule has 2 N–H and O–H groups in total. The van der Waals surface area contributed by atoms with Crippen LogP contribution in [-0.2, 0) is 11.3 Å². The molecule has 1 amide bonds. The molecule has 0 aliphatic carbocycles. The number of amides is 1. The molecule has 134 valence electrons. The number of aromatic nitrogens is 4. The number of carbonyl (C=O) groups is 1. The second kappa shape index (κ2) is 7.96. The zero-order valence-corrected chi connectivity index (χ0v) is 15.0. The SMILES string of the molecule is Cc1cc(=O)[nH]c(SC(C)C(=O)NCc2cc(-c3ccccn3)no2)n1. The van der Waals surface area contributed by atoms with Crippen molar-refractivity contribution in [2.24, 2.45) is 0 Å². The Hall–Kier alpha value is -2.94. The predicted octanol–water partition coefficient (Wildman–Crippen LogP) is 1.93. The Morgan fingerprint density at radius 3 is 2.92 bits per heavy atom. The lowest BCUT2D eigenvalue weighted by Gasteiger charge is -2.10. The van der Waals surface area contributed by atoms with Crippen molar-refractivity contribution in [3.63, 3.8) is 0 Å². The van der Waals surface area contributed by atoms with Crippen LogP contribution in [0.15, 0.2) is 51.0 Å². The first kappa shape index (κ1) is 17.9. The summed E-state index contributed by atoms with van der Waals surface area (Å²) in [6, 6.07) is 8.65. The molecular formula is C17H17N5O3S. The first-order valence-electron chi connectivity index (χ1n) is 7.90. The van der Waals surface area contributed by atoms with Crippen molar-refractivity contribution in [3.05, 3.63) is 58.3 Å². The minimum Gasteiger partial charge on any atom is -0.359 e. The average Bonchev–Trinajstić information content (AvgIpc) is 3.08. The monoisotopic (exact) mass is 371 g/mol. The number of hydrogen-bond donors (Lipinski definition) is 2. The Morgan fingerprint density at radius 2 is 2.19 bits per heavy atom. The summed E-state index contributed by atoms with van der Waals surface area (Å²) in [5, 5.41) is 6.71. The molecule has 26 heavy (non-hydrogen) atoms. The standard InChI is InChI=1S/C17H17N5O3S/c1-10-7-15(23)21-17(20-10)26-11(2)16(24)19-9-12-8-14(22-25-12)13-5-3-4-6-18-13/h3-8,11H,9H2,1-2H3,(H,19,24)(H,20,21,23). The van der Waals surface area contributed by atoms with Crippen LogP contribution in [0.3, 0.4) is 0 Å². The number of rotatable bonds is 6. The van der Waals surface area contributed by atoms with Crippen LogP contribution >= 0.6 is 11.8 Å². The van der Waals surface area contributed by atoms with Crippen LogP contribution in [0.2, 0.25) is 0 Å². The third-order valence-corrected chi connectivity index (χ3v) is 4.41. The van der Waals surface area contributed by atoms with Gasteiger partial charge in [0.05, 0.1) is 17.5 Å². The van der Waals surface area contributed by atoms with Crippen molar-refractivity contribution in [2.75, 3.05) is 0 Å². The van der Waals surface area contributed by atoms with Crippen molar-refractivity contribution in [1.29, 1.82) is 0 Å². The lowest BCUT2D eigenvalue weighted by atomic mass is 10.2. The van der Waals surface area contributed by atoms with Gasteiger partial charge in [0, 0.05) is 24.0 Å². The summed E-state index contributed by atoms with van der Waals surface area (Å²) in [4.78, 5) is 34.7. The summed E-state index contributed by atoms with van der Waals surface area (Å²) in [6.07, 6.45) is 1.67. The van der Waals surface area contributed by atoms with Gasteiger partial charge < -0.3 is 14.8 Å². The molecule has 0 spiro atoms. The van der Waals surface area contributed by atoms with E-state index in [0.29, 0.717) is 28.0 Å². The third kappa shape index (κ3) is 4.57. The zero-order chi connectivity index (χ0) is 18.5. The van der Waals surface area contributed by atoms with Gasteiger partial charge in [0.15, 0.2) is 10.9 Å². The first-order valence-corrected chi connectivity index (χ1v) is 8.78. The largest absolute Gasteiger partial charge is 0.359 e. The maximum atomic E-state index is 12.2. The molecule has 0 aliphatic rings. The number of carbonyl (C=O) groups excluding carboxylic acids is 1. The summed E-state index contributed by atoms with van der Waals surface area (Å²) >= 11 is 1.18. The van der Waals surface area contributed by atoms with E-state index in [2.05, 4.69) is 25.4 Å². The van der Waals surface area contributed by atoms with Gasteiger partial charge >= 0.3 is 0 Å². The topological polar surface area (TPSA) is 114 Å². The zero-order valence-electron chi connectivity index (χ0n) is 14.2. The van der Waals surface area contributed by atoms with E-state index >= 15 is 0 Å². The first-order chi connectivity index (χ1) is 12.5. The molecule has 0 aliphatic heterocycles. The van der Waals surface area contributed by atoms with Crippen LogP contribution in [0, 0.1) is 6.92 Å². The third-order valence-electron chi connectivity index (χ3n) is 3.43. The average molecular weight is 371 g/mol. The molecule has 3 heterocycles. The summed E-state index contributed by atoms with van der Waals surface area (Å²) in [6.45, 7) is 3.68. The highest BCUT2D eigenvalue weighted by molar-refractivity contribution is 8.00. The van der Waals surface area contributed by atoms with E-state index in [0.717, 1.165) is 0 Å². The fraction of sp³-hybridized carbons (Fsp3) is 0.235. The highest BCUT2D eigenvalue weighted by Gasteiger charge is 2.17. The van der Waals surface area contributed by atoms with Gasteiger partial charge in [-0.15, -0.1) is 0 Å². The maximum absolute atomic E-state index is 12.2. The molecule has 3 aromatic rings. The molecule has 1 atom stereocenters. The number of thioether (sulfide) groups is 1. The second-order valence-electron chi connectivity index (χ2n) is 5.56. The number of aromatic amines is 1. The minimum absolute atomic E-state index is 0.199. The van der Waals surface area contributed by atoms with E-state index < -0.39 is 5.25 Å². The van der Waals surface area contributed by atoms with Gasteiger partial charge in [0.1, 0.15) is 5.69 Å². The van der Waals surface area contributed by atoms with Crippen molar-refractivity contribution >= 4 is 17.7 Å². The number of nitrogens with zero attached hydrogens (tertiary/aromatic N) is 3. The van der Waals surface area contributed by atoms with Crippen molar-refractivity contribution in [3.8, 4) is 11.4 Å². The van der Waals surface area contributed by atoms with E-state index in [1.54, 1.807) is 26.1 Å². The number of nitrogens with one attached hydrogen (secondary N) is 2. The predicted molar refractivity (Wildman–Crippen MR) is 96.5 cm³/mol. The number of aryl methyl sites for hydroxylation is 1. The van der Waals surface area contributed by atoms with Gasteiger partial charge in [-0.2, -0.15) is 0 Å². The van der Waals surface area contributed by atoms with E-state index in [1.165, 1.54) is 17.8 Å². The van der Waals surface area contributed by atoms with Gasteiger partial charge in [0.2, 0.25) is 5.91 Å². The number of H-pyrrole nitrogens is 1. The van der Waals surface area contributed by atoms with E-state index in [-0.39, 0.29) is 18.0 Å². The summed E-state index contributed by atoms with van der Waals surface area (Å²) in [7, 11) is 0. The molecule has 0 saturated heterocycles. The molecule has 1 unspecified atom stereocenters. The fourth-order valence-corrected chi connectivity index (χ4v) is 3.06. The molecule has 0 radical (unpaired) electrons. The molecule has 9 heteroatoms. The van der Waals surface area contributed by atoms with Crippen molar-refractivity contribution in [1.82, 2.24) is 25.4 Å². The van der Waals surface area contributed by atoms with Crippen LogP contribution in [0.4, 0.5) is 0 Å². The fourth-order valence-electron chi connectivity index (χ4n) is 2.18. The molecule has 0 fully saturated rings. The molecule has 3 rings (SSSR count). The lowest BCUT2D eigenvalue weighted by molar-refractivity contribution is -0.120. The molecule has 3 aromatic heterocycles. The van der Waals surface area contributed by atoms with Crippen molar-refractivity contribution < 1.29 is 9.32 Å². The van der Waals surface area contributed by atoms with Crippen LogP contribution in [0.1, 0.15) is 18.4 Å². The van der Waals surface area contributed by atoms with Gasteiger partial charge in [-0.3, -0.25) is 14.6 Å². The highest BCUT2D eigenvalue weighted by atomic mass is 32.2. The highest BCUT2D eigenvalue weighted by Crippen LogP contribution is 2.19. The molecular weight excluding hydrogens is 354 g/mol. The normalized spacial score (nSPS) is 11.9. The Labute approximate surface area is 153 Å². The van der Waals surface area contributed by atoms with E-state index in [1.807, 2.05) is 18.2 Å². The lowest BCUT2D eigenvalue weighted by Crippen LogP contribution is -2.30. The summed E-state index contributed by atoms with van der Waals surface area (Å²) in [5.74, 6) is 0.327. The Balaban J connectivity index is 1.56. The Kier molecular flexibility index (Phi) is 5.47. The van der Waals surface area contributed by atoms with Gasteiger partial charge in [-0.25, -0.2) is 4.98 Å². The van der Waals surface area contributed by atoms with E-state index in [4.69, 9.17) is 4.52 Å². The molecule has 0 bridgehead atoms. The van der Waals surface area contributed by atoms with Crippen molar-refractivity contribution in [2.45, 2.75) is 30.8 Å².